The maximum absolute atomic E-state index is 6.86. The molecule has 7 nitrogen and oxygen atoms in total. The van der Waals surface area contributed by atoms with E-state index in [0.29, 0.717) is 28.2 Å². The van der Waals surface area contributed by atoms with Gasteiger partial charge in [0, 0.05) is 71.7 Å². The molecule has 5 heterocycles. The molecule has 8 heteroatoms. The Hall–Kier alpha value is -6.82. The molecule has 0 saturated carbocycles. The monoisotopic (exact) mass is 902 g/mol. The number of ether oxygens (including phenoxy) is 1. The molecule has 12 rings (SSSR count). The quantitative estimate of drug-likeness (QED) is 0.160. The number of fused-ring (bicyclic) bond motifs is 11. The summed E-state index contributed by atoms with van der Waals surface area (Å²) in [6.07, 6.45) is 1.81. The van der Waals surface area contributed by atoms with Gasteiger partial charge in [0.2, 0.25) is 0 Å². The molecule has 0 N–H and O–H groups in total. The summed E-state index contributed by atoms with van der Waals surface area (Å²) in [6, 6.07) is 58.7. The summed E-state index contributed by atoms with van der Waals surface area (Å²) in [5.74, 6) is 1.76. The molecule has 7 aromatic carbocycles. The molecule has 270 valence electrons. The van der Waals surface area contributed by atoms with Gasteiger partial charge in [-0.05, 0) is 60.0 Å². The smallest absolute Gasteiger partial charge is 0.177 e. The molecular weight excluding hydrogens is 876 g/mol. The fourth-order valence-corrected chi connectivity index (χ4v) is 8.08. The van der Waals surface area contributed by atoms with Crippen LogP contribution in [-0.2, 0) is 21.1 Å². The summed E-state index contributed by atoms with van der Waals surface area (Å²) in [4.78, 5) is 9.05. The maximum atomic E-state index is 6.86. The number of para-hydroxylation sites is 5. The molecule has 0 amide bonds. The second-order valence-corrected chi connectivity index (χ2v) is 13.7. The summed E-state index contributed by atoms with van der Waals surface area (Å²) in [7, 11) is 0. The van der Waals surface area contributed by atoms with Crippen LogP contribution < -0.4 is 14.5 Å². The largest absolute Gasteiger partial charge is 0.509 e. The Labute approximate surface area is 334 Å². The Bertz CT molecular complexity index is 3300. The number of aromatic nitrogens is 2. The van der Waals surface area contributed by atoms with Crippen molar-refractivity contribution in [1.82, 2.24) is 9.55 Å². The third-order valence-corrected chi connectivity index (χ3v) is 10.5. The van der Waals surface area contributed by atoms with E-state index in [1.54, 1.807) is 6.20 Å². The van der Waals surface area contributed by atoms with Crippen molar-refractivity contribution < 1.29 is 34.6 Å². The van der Waals surface area contributed by atoms with Crippen LogP contribution >= 0.6 is 0 Å². The van der Waals surface area contributed by atoms with Crippen LogP contribution in [0.3, 0.4) is 0 Å². The number of rotatable bonds is 5. The standard InChI is InChI=1S/C48H27N4O3.Pt/c1-2-12-30(13-3-1)50-29-51(41-18-8-7-17-40(41)50)31-26-38-37-24-23-36-35-15-5-9-19-43(35)54-47(36)48(37)55-46(38)44(27-31)53-32-21-22-34-33-14-4-6-16-39(33)52(42(34)28-32)45-20-10-11-25-49-45;/h1-26,29H;/q-3;. The van der Waals surface area contributed by atoms with Gasteiger partial charge in [0.1, 0.15) is 11.4 Å². The normalized spacial score (nSPS) is 12.7. The van der Waals surface area contributed by atoms with E-state index in [-0.39, 0.29) is 21.1 Å². The molecule has 0 spiro atoms. The molecule has 0 radical (unpaired) electrons. The van der Waals surface area contributed by atoms with Crippen molar-refractivity contribution in [2.24, 2.45) is 0 Å². The average molecular weight is 903 g/mol. The van der Waals surface area contributed by atoms with Crippen molar-refractivity contribution in [1.29, 1.82) is 0 Å². The Morgan fingerprint density at radius 1 is 0.554 bits per heavy atom. The van der Waals surface area contributed by atoms with Crippen molar-refractivity contribution in [2.75, 3.05) is 9.80 Å². The number of hydrogen-bond donors (Lipinski definition) is 0. The van der Waals surface area contributed by atoms with Crippen LogP contribution in [-0.4, -0.2) is 9.55 Å². The Kier molecular flexibility index (Phi) is 7.35. The number of benzene rings is 7. The summed E-state index contributed by atoms with van der Waals surface area (Å²) < 4.78 is 22.2. The van der Waals surface area contributed by atoms with Crippen LogP contribution in [0.2, 0.25) is 0 Å². The predicted molar refractivity (Wildman–Crippen MR) is 219 cm³/mol. The van der Waals surface area contributed by atoms with Gasteiger partial charge in [-0.1, -0.05) is 95.5 Å². The minimum absolute atomic E-state index is 0. The first-order chi connectivity index (χ1) is 27.3. The van der Waals surface area contributed by atoms with Crippen molar-refractivity contribution in [3.63, 3.8) is 0 Å². The molecule has 4 aromatic heterocycles. The van der Waals surface area contributed by atoms with E-state index in [1.807, 2.05) is 54.6 Å². The van der Waals surface area contributed by atoms with Gasteiger partial charge in [0.05, 0.1) is 11.3 Å². The zero-order valence-corrected chi connectivity index (χ0v) is 31.7. The number of hydrogen-bond acceptors (Lipinski definition) is 6. The third-order valence-electron chi connectivity index (χ3n) is 10.5. The van der Waals surface area contributed by atoms with E-state index in [9.17, 15) is 0 Å². The Morgan fingerprint density at radius 2 is 1.25 bits per heavy atom. The fraction of sp³-hybridized carbons (Fsp3) is 0. The van der Waals surface area contributed by atoms with Crippen LogP contribution in [0.4, 0.5) is 22.7 Å². The van der Waals surface area contributed by atoms with Crippen LogP contribution in [0, 0.1) is 18.8 Å². The van der Waals surface area contributed by atoms with E-state index < -0.39 is 0 Å². The van der Waals surface area contributed by atoms with Gasteiger partial charge in [-0.3, -0.25) is 0 Å². The molecule has 0 bridgehead atoms. The molecule has 0 saturated heterocycles. The molecule has 0 fully saturated rings. The number of anilines is 4. The first-order valence-corrected chi connectivity index (χ1v) is 18.1. The topological polar surface area (TPSA) is 59.8 Å². The maximum Gasteiger partial charge on any atom is 0.177 e. The summed E-state index contributed by atoms with van der Waals surface area (Å²) in [6.45, 7) is 2.10. The fourth-order valence-electron chi connectivity index (χ4n) is 8.08. The van der Waals surface area contributed by atoms with E-state index in [1.165, 1.54) is 0 Å². The van der Waals surface area contributed by atoms with Crippen LogP contribution in [0.5, 0.6) is 11.5 Å². The van der Waals surface area contributed by atoms with Gasteiger partial charge in [-0.2, -0.15) is 6.07 Å². The second kappa shape index (κ2) is 12.6. The molecule has 56 heavy (non-hydrogen) atoms. The van der Waals surface area contributed by atoms with Crippen molar-refractivity contribution in [2.45, 2.75) is 0 Å². The molecular formula is C48H27N4O3Pt-3. The summed E-state index contributed by atoms with van der Waals surface area (Å²) in [5, 5.41) is 6.00. The first kappa shape index (κ1) is 32.6. The number of pyridine rings is 1. The van der Waals surface area contributed by atoms with Gasteiger partial charge in [0.25, 0.3) is 0 Å². The Morgan fingerprint density at radius 3 is 2.09 bits per heavy atom. The summed E-state index contributed by atoms with van der Waals surface area (Å²) in [5.41, 5.74) is 8.57. The van der Waals surface area contributed by atoms with E-state index in [2.05, 4.69) is 130 Å². The molecule has 0 atom stereocenters. The number of furan rings is 2. The van der Waals surface area contributed by atoms with Crippen molar-refractivity contribution >= 4 is 88.4 Å². The van der Waals surface area contributed by atoms with E-state index >= 15 is 0 Å². The minimum Gasteiger partial charge on any atom is -0.509 e. The third kappa shape index (κ3) is 4.84. The van der Waals surface area contributed by atoms with Crippen LogP contribution in [0.1, 0.15) is 0 Å². The average Bonchev–Trinajstić information content (AvgIpc) is 4.01. The molecule has 11 aromatic rings. The molecule has 1 aliphatic rings. The van der Waals surface area contributed by atoms with E-state index in [0.717, 1.165) is 77.5 Å². The van der Waals surface area contributed by atoms with E-state index in [4.69, 9.17) is 18.6 Å². The van der Waals surface area contributed by atoms with Gasteiger partial charge < -0.3 is 27.9 Å². The minimum atomic E-state index is 0. The van der Waals surface area contributed by atoms with Crippen molar-refractivity contribution in [3.05, 3.63) is 177 Å². The molecule has 0 unspecified atom stereocenters. The van der Waals surface area contributed by atoms with Gasteiger partial charge in [0.15, 0.2) is 11.2 Å². The van der Waals surface area contributed by atoms with Crippen molar-refractivity contribution in [3.8, 4) is 17.3 Å². The Balaban J connectivity index is 0.00000363. The van der Waals surface area contributed by atoms with Crippen LogP contribution in [0.25, 0.3) is 71.5 Å². The zero-order valence-electron chi connectivity index (χ0n) is 29.4. The number of nitrogens with zero attached hydrogens (tertiary/aromatic N) is 4. The first-order valence-electron chi connectivity index (χ1n) is 18.1. The van der Waals surface area contributed by atoms with Gasteiger partial charge >= 0.3 is 0 Å². The second-order valence-electron chi connectivity index (χ2n) is 13.7. The molecule has 0 aliphatic carbocycles. The SMILES string of the molecule is [Pt].[c-]1c(N2[CH-]N(c3ccccc3)c3ccccc32)cc2c(oc3c2ccc2c4ccccc4oc23)c1Oc1[c-]c2c(cc1)c1ccccc1n2-c1ccccn1. The van der Waals surface area contributed by atoms with Crippen LogP contribution in [0.15, 0.2) is 167 Å². The van der Waals surface area contributed by atoms with Gasteiger partial charge in [-0.25, -0.2) is 4.98 Å². The molecule has 1 aliphatic heterocycles. The zero-order chi connectivity index (χ0) is 36.0. The summed E-state index contributed by atoms with van der Waals surface area (Å²) >= 11 is 0. The van der Waals surface area contributed by atoms with Gasteiger partial charge in [-0.15, -0.1) is 36.3 Å². The predicted octanol–water partition coefficient (Wildman–Crippen LogP) is 12.8.